The Balaban J connectivity index is 1.95. The fraction of sp³-hybridized carbons (Fsp3) is 0.833. The molecule has 0 N–H and O–H groups in total. The molecule has 2 rings (SSSR count). The monoisotopic (exact) mass is 240 g/mol. The van der Waals surface area contributed by atoms with Crippen molar-refractivity contribution in [1.82, 2.24) is 9.80 Å². The van der Waals surface area contributed by atoms with E-state index in [4.69, 9.17) is 4.74 Å². The van der Waals surface area contributed by atoms with Gasteiger partial charge in [0.25, 0.3) is 0 Å². The SMILES string of the molecule is CCN1CCN(C(=O)C2(C(=O)OC)CC2)CC1. The van der Waals surface area contributed by atoms with Crippen LogP contribution in [0.3, 0.4) is 0 Å². The maximum Gasteiger partial charge on any atom is 0.321 e. The average molecular weight is 240 g/mol. The minimum absolute atomic E-state index is 0.0277. The van der Waals surface area contributed by atoms with Gasteiger partial charge in [-0.05, 0) is 19.4 Å². The summed E-state index contributed by atoms with van der Waals surface area (Å²) >= 11 is 0. The summed E-state index contributed by atoms with van der Waals surface area (Å²) in [6.07, 6.45) is 1.29. The number of esters is 1. The summed E-state index contributed by atoms with van der Waals surface area (Å²) in [6, 6.07) is 0. The van der Waals surface area contributed by atoms with Gasteiger partial charge in [0, 0.05) is 26.2 Å². The first kappa shape index (κ1) is 12.4. The maximum atomic E-state index is 12.3. The minimum Gasteiger partial charge on any atom is -0.468 e. The zero-order valence-corrected chi connectivity index (χ0v) is 10.6. The van der Waals surface area contributed by atoms with E-state index in [2.05, 4.69) is 11.8 Å². The number of hydrogen-bond donors (Lipinski definition) is 0. The zero-order chi connectivity index (χ0) is 12.5. The van der Waals surface area contributed by atoms with Crippen LogP contribution in [0.1, 0.15) is 19.8 Å². The second-order valence-electron chi connectivity index (χ2n) is 4.80. The number of ether oxygens (including phenoxy) is 1. The summed E-state index contributed by atoms with van der Waals surface area (Å²) in [5.74, 6) is -0.388. The van der Waals surface area contributed by atoms with Crippen molar-refractivity contribution >= 4 is 11.9 Å². The Bertz CT molecular complexity index is 318. The van der Waals surface area contributed by atoms with Gasteiger partial charge >= 0.3 is 5.97 Å². The molecule has 1 saturated carbocycles. The highest BCUT2D eigenvalue weighted by Crippen LogP contribution is 2.48. The second-order valence-corrected chi connectivity index (χ2v) is 4.80. The highest BCUT2D eigenvalue weighted by molar-refractivity contribution is 6.05. The number of rotatable bonds is 3. The van der Waals surface area contributed by atoms with Gasteiger partial charge in [-0.15, -0.1) is 0 Å². The summed E-state index contributed by atoms with van der Waals surface area (Å²) in [4.78, 5) is 28.0. The molecule has 0 aromatic rings. The predicted octanol–water partition coefficient (Wildman–Crippen LogP) is 0.104. The van der Waals surface area contributed by atoms with E-state index in [0.717, 1.165) is 32.7 Å². The standard InChI is InChI=1S/C12H20N2O3/c1-3-13-6-8-14(9-7-13)10(15)12(4-5-12)11(16)17-2/h3-9H2,1-2H3. The molecule has 0 aromatic carbocycles. The van der Waals surface area contributed by atoms with E-state index in [0.29, 0.717) is 12.8 Å². The Morgan fingerprint density at radius 2 is 1.76 bits per heavy atom. The Morgan fingerprint density at radius 3 is 2.18 bits per heavy atom. The van der Waals surface area contributed by atoms with E-state index in [-0.39, 0.29) is 11.9 Å². The second kappa shape index (κ2) is 4.64. The quantitative estimate of drug-likeness (QED) is 0.519. The number of nitrogens with zero attached hydrogens (tertiary/aromatic N) is 2. The molecule has 0 atom stereocenters. The van der Waals surface area contributed by atoms with E-state index in [1.54, 1.807) is 0 Å². The van der Waals surface area contributed by atoms with Crippen molar-refractivity contribution in [2.24, 2.45) is 5.41 Å². The van der Waals surface area contributed by atoms with Gasteiger partial charge < -0.3 is 14.5 Å². The smallest absolute Gasteiger partial charge is 0.321 e. The molecular weight excluding hydrogens is 220 g/mol. The molecule has 5 nitrogen and oxygen atoms in total. The van der Waals surface area contributed by atoms with Crippen LogP contribution in [0.2, 0.25) is 0 Å². The van der Waals surface area contributed by atoms with Crippen molar-refractivity contribution in [1.29, 1.82) is 0 Å². The van der Waals surface area contributed by atoms with Crippen LogP contribution >= 0.6 is 0 Å². The largest absolute Gasteiger partial charge is 0.468 e. The third-order valence-corrected chi connectivity index (χ3v) is 3.84. The van der Waals surface area contributed by atoms with Crippen molar-refractivity contribution in [2.75, 3.05) is 39.8 Å². The molecule has 96 valence electrons. The number of likely N-dealkylation sites (N-methyl/N-ethyl adjacent to an activating group) is 1. The Hall–Kier alpha value is -1.10. The van der Waals surface area contributed by atoms with Gasteiger partial charge in [-0.25, -0.2) is 0 Å². The van der Waals surface area contributed by atoms with E-state index >= 15 is 0 Å². The highest BCUT2D eigenvalue weighted by Gasteiger charge is 2.59. The van der Waals surface area contributed by atoms with Crippen molar-refractivity contribution in [3.63, 3.8) is 0 Å². The number of hydrogen-bond acceptors (Lipinski definition) is 4. The van der Waals surface area contributed by atoms with Gasteiger partial charge in [-0.2, -0.15) is 0 Å². The molecule has 2 aliphatic rings. The first-order chi connectivity index (χ1) is 8.14. The summed E-state index contributed by atoms with van der Waals surface area (Å²) in [6.45, 7) is 6.40. The molecule has 0 spiro atoms. The van der Waals surface area contributed by atoms with Crippen molar-refractivity contribution in [3.8, 4) is 0 Å². The van der Waals surface area contributed by atoms with Crippen molar-refractivity contribution in [2.45, 2.75) is 19.8 Å². The van der Waals surface area contributed by atoms with Crippen LogP contribution in [0, 0.1) is 5.41 Å². The van der Waals surface area contributed by atoms with Crippen LogP contribution < -0.4 is 0 Å². The summed E-state index contributed by atoms with van der Waals surface area (Å²) in [5.41, 5.74) is -0.830. The van der Waals surface area contributed by atoms with Crippen LogP contribution in [-0.2, 0) is 14.3 Å². The predicted molar refractivity (Wildman–Crippen MR) is 62.4 cm³/mol. The van der Waals surface area contributed by atoms with Crippen LogP contribution in [0.15, 0.2) is 0 Å². The number of amides is 1. The van der Waals surface area contributed by atoms with Gasteiger partial charge in [-0.3, -0.25) is 9.59 Å². The van der Waals surface area contributed by atoms with Gasteiger partial charge in [0.05, 0.1) is 7.11 Å². The number of carbonyl (C=O) groups excluding carboxylic acids is 2. The summed E-state index contributed by atoms with van der Waals surface area (Å²) < 4.78 is 4.73. The number of methoxy groups -OCH3 is 1. The van der Waals surface area contributed by atoms with Crippen molar-refractivity contribution < 1.29 is 14.3 Å². The molecule has 0 radical (unpaired) electrons. The molecule has 1 amide bonds. The lowest BCUT2D eigenvalue weighted by molar-refractivity contribution is -0.156. The lowest BCUT2D eigenvalue weighted by atomic mass is 10.1. The van der Waals surface area contributed by atoms with Crippen LogP contribution in [0.4, 0.5) is 0 Å². The first-order valence-electron chi connectivity index (χ1n) is 6.24. The molecule has 1 aliphatic carbocycles. The Morgan fingerprint density at radius 1 is 1.18 bits per heavy atom. The molecule has 17 heavy (non-hydrogen) atoms. The van der Waals surface area contributed by atoms with E-state index in [1.165, 1.54) is 7.11 Å². The van der Waals surface area contributed by atoms with E-state index in [9.17, 15) is 9.59 Å². The van der Waals surface area contributed by atoms with Crippen LogP contribution in [0.25, 0.3) is 0 Å². The van der Waals surface area contributed by atoms with Gasteiger partial charge in [0.1, 0.15) is 5.41 Å². The average Bonchev–Trinajstić information content (AvgIpc) is 3.18. The molecule has 1 heterocycles. The molecule has 1 aliphatic heterocycles. The fourth-order valence-corrected chi connectivity index (χ4v) is 2.40. The van der Waals surface area contributed by atoms with E-state index in [1.807, 2.05) is 4.90 Å². The van der Waals surface area contributed by atoms with Crippen LogP contribution in [-0.4, -0.2) is 61.5 Å². The molecule has 5 heteroatoms. The number of piperazine rings is 1. The Labute approximate surface area is 102 Å². The molecule has 2 fully saturated rings. The molecule has 0 aromatic heterocycles. The van der Waals surface area contributed by atoms with Crippen molar-refractivity contribution in [3.05, 3.63) is 0 Å². The fourth-order valence-electron chi connectivity index (χ4n) is 2.40. The maximum absolute atomic E-state index is 12.3. The highest BCUT2D eigenvalue weighted by atomic mass is 16.5. The lowest BCUT2D eigenvalue weighted by Gasteiger charge is -2.35. The third-order valence-electron chi connectivity index (χ3n) is 3.84. The van der Waals surface area contributed by atoms with Gasteiger partial charge in [0.2, 0.25) is 5.91 Å². The first-order valence-corrected chi connectivity index (χ1v) is 6.24. The summed E-state index contributed by atoms with van der Waals surface area (Å²) in [5, 5.41) is 0. The third kappa shape index (κ3) is 2.16. The summed E-state index contributed by atoms with van der Waals surface area (Å²) in [7, 11) is 1.35. The normalized spacial score (nSPS) is 23.3. The van der Waals surface area contributed by atoms with Crippen LogP contribution in [0.5, 0.6) is 0 Å². The van der Waals surface area contributed by atoms with Gasteiger partial charge in [0.15, 0.2) is 0 Å². The Kier molecular flexibility index (Phi) is 3.38. The number of carbonyl (C=O) groups is 2. The molecule has 0 bridgehead atoms. The molecule has 0 unspecified atom stereocenters. The molecule has 1 saturated heterocycles. The van der Waals surface area contributed by atoms with Gasteiger partial charge in [-0.1, -0.05) is 6.92 Å². The lowest BCUT2D eigenvalue weighted by Crippen LogP contribution is -2.51. The minimum atomic E-state index is -0.830. The zero-order valence-electron chi connectivity index (χ0n) is 10.6. The van der Waals surface area contributed by atoms with E-state index < -0.39 is 5.41 Å². The molecular formula is C12H20N2O3. The topological polar surface area (TPSA) is 49.9 Å².